The molecule has 7 nitrogen and oxygen atoms in total. The van der Waals surface area contributed by atoms with Crippen molar-refractivity contribution in [1.82, 2.24) is 20.5 Å². The summed E-state index contributed by atoms with van der Waals surface area (Å²) in [6.07, 6.45) is -4.48. The number of alkyl halides is 5. The third kappa shape index (κ3) is 2.89. The molecule has 1 aliphatic heterocycles. The lowest BCUT2D eigenvalue weighted by Gasteiger charge is -2.16. The maximum absolute atomic E-state index is 14.3. The van der Waals surface area contributed by atoms with Crippen molar-refractivity contribution >= 4 is 9.84 Å². The summed E-state index contributed by atoms with van der Waals surface area (Å²) in [4.78, 5) is 4.98. The molecule has 0 saturated heterocycles. The standard InChI is InChI=1S/C10H11F5N4O3S/c1-8(2)4-5(18-22-8)23(20,21)10(14,15)7-6(9(11,12)13)16-19(3)17-7/h4,18H,1-3H3. The highest BCUT2D eigenvalue weighted by atomic mass is 32.2. The lowest BCUT2D eigenvalue weighted by atomic mass is 10.1. The Morgan fingerprint density at radius 1 is 1.17 bits per heavy atom. The van der Waals surface area contributed by atoms with Crippen molar-refractivity contribution in [1.29, 1.82) is 0 Å². The normalized spacial score (nSPS) is 18.7. The Morgan fingerprint density at radius 3 is 2.13 bits per heavy atom. The van der Waals surface area contributed by atoms with Crippen molar-refractivity contribution in [3.63, 3.8) is 0 Å². The second-order valence-electron chi connectivity index (χ2n) is 5.22. The summed E-state index contributed by atoms with van der Waals surface area (Å²) in [5.74, 6) is 0. The molecule has 0 radical (unpaired) electrons. The van der Waals surface area contributed by atoms with Gasteiger partial charge in [0, 0.05) is 7.05 Å². The van der Waals surface area contributed by atoms with Crippen molar-refractivity contribution < 1.29 is 35.2 Å². The zero-order valence-corrected chi connectivity index (χ0v) is 12.8. The monoisotopic (exact) mass is 362 g/mol. The highest BCUT2D eigenvalue weighted by Gasteiger charge is 2.58. The molecule has 1 N–H and O–H groups in total. The number of aryl methyl sites for hydroxylation is 1. The van der Waals surface area contributed by atoms with Gasteiger partial charge in [-0.3, -0.25) is 10.3 Å². The number of rotatable bonds is 3. The number of hydrogen-bond acceptors (Lipinski definition) is 6. The Kier molecular flexibility index (Phi) is 3.72. The molecule has 2 rings (SSSR count). The molecule has 13 heteroatoms. The first-order chi connectivity index (χ1) is 10.2. The van der Waals surface area contributed by atoms with Crippen LogP contribution in [0.3, 0.4) is 0 Å². The van der Waals surface area contributed by atoms with E-state index >= 15 is 0 Å². The molecule has 0 saturated carbocycles. The molecule has 0 fully saturated rings. The largest absolute Gasteiger partial charge is 0.437 e. The van der Waals surface area contributed by atoms with Crippen LogP contribution in [-0.4, -0.2) is 29.0 Å². The first-order valence-corrected chi connectivity index (χ1v) is 7.45. The van der Waals surface area contributed by atoms with Gasteiger partial charge in [-0.1, -0.05) is 0 Å². The van der Waals surface area contributed by atoms with Gasteiger partial charge < -0.3 is 0 Å². The summed E-state index contributed by atoms with van der Waals surface area (Å²) in [7, 11) is -4.69. The van der Waals surface area contributed by atoms with Gasteiger partial charge in [0.2, 0.25) is 0 Å². The van der Waals surface area contributed by atoms with Crippen molar-refractivity contribution in [2.24, 2.45) is 7.05 Å². The van der Waals surface area contributed by atoms with E-state index in [1.165, 1.54) is 13.8 Å². The molecule has 130 valence electrons. The maximum Gasteiger partial charge on any atom is 0.437 e. The fourth-order valence-electron chi connectivity index (χ4n) is 1.75. The molecule has 0 aliphatic carbocycles. The summed E-state index contributed by atoms with van der Waals surface area (Å²) in [6.45, 7) is 2.73. The van der Waals surface area contributed by atoms with E-state index in [0.29, 0.717) is 0 Å². The average molecular weight is 362 g/mol. The van der Waals surface area contributed by atoms with Gasteiger partial charge in [-0.25, -0.2) is 8.42 Å². The van der Waals surface area contributed by atoms with E-state index in [-0.39, 0.29) is 4.80 Å². The maximum atomic E-state index is 14.3. The Balaban J connectivity index is 2.60. The van der Waals surface area contributed by atoms with Crippen molar-refractivity contribution in [3.05, 3.63) is 22.5 Å². The second-order valence-corrected chi connectivity index (χ2v) is 7.18. The van der Waals surface area contributed by atoms with Crippen molar-refractivity contribution in [2.75, 3.05) is 0 Å². The Bertz CT molecular complexity index is 766. The van der Waals surface area contributed by atoms with E-state index in [2.05, 4.69) is 10.2 Å². The minimum Gasteiger partial charge on any atom is -0.265 e. The molecule has 0 aromatic carbocycles. The predicted octanol–water partition coefficient (Wildman–Crippen LogP) is 1.45. The van der Waals surface area contributed by atoms with Gasteiger partial charge in [0.05, 0.1) is 0 Å². The van der Waals surface area contributed by atoms with E-state index in [9.17, 15) is 30.4 Å². The van der Waals surface area contributed by atoms with Crippen LogP contribution in [0.15, 0.2) is 11.1 Å². The molecule has 1 aromatic rings. The first-order valence-electron chi connectivity index (χ1n) is 5.97. The van der Waals surface area contributed by atoms with Crippen LogP contribution in [0, 0.1) is 0 Å². The van der Waals surface area contributed by atoms with Crippen molar-refractivity contribution in [3.8, 4) is 0 Å². The Hall–Kier alpha value is -1.76. The van der Waals surface area contributed by atoms with Crippen LogP contribution in [0.5, 0.6) is 0 Å². The minimum atomic E-state index is -5.56. The van der Waals surface area contributed by atoms with Crippen LogP contribution in [0.1, 0.15) is 25.2 Å². The van der Waals surface area contributed by atoms with Gasteiger partial charge in [-0.05, 0) is 19.9 Å². The van der Waals surface area contributed by atoms with Gasteiger partial charge in [-0.15, -0.1) is 5.10 Å². The van der Waals surface area contributed by atoms with Crippen LogP contribution in [-0.2, 0) is 33.2 Å². The third-order valence-electron chi connectivity index (χ3n) is 2.78. The molecule has 2 heterocycles. The lowest BCUT2D eigenvalue weighted by molar-refractivity contribution is -0.144. The van der Waals surface area contributed by atoms with Crippen LogP contribution in [0.25, 0.3) is 0 Å². The summed E-state index contributed by atoms with van der Waals surface area (Å²) in [5, 5.41) is -0.348. The van der Waals surface area contributed by atoms with Gasteiger partial charge in [0.25, 0.3) is 9.84 Å². The van der Waals surface area contributed by atoms with E-state index in [1.54, 1.807) is 5.48 Å². The van der Waals surface area contributed by atoms with E-state index in [1.807, 2.05) is 0 Å². The van der Waals surface area contributed by atoms with E-state index in [4.69, 9.17) is 4.84 Å². The molecule has 0 atom stereocenters. The van der Waals surface area contributed by atoms with Crippen LogP contribution >= 0.6 is 0 Å². The Morgan fingerprint density at radius 2 is 1.70 bits per heavy atom. The zero-order valence-electron chi connectivity index (χ0n) is 11.9. The summed E-state index contributed by atoms with van der Waals surface area (Å²) in [6, 6.07) is 0. The van der Waals surface area contributed by atoms with Crippen molar-refractivity contribution in [2.45, 2.75) is 30.9 Å². The topological polar surface area (TPSA) is 86.1 Å². The van der Waals surface area contributed by atoms with Crippen LogP contribution in [0.2, 0.25) is 0 Å². The Labute approximate surface area is 127 Å². The molecule has 0 amide bonds. The first kappa shape index (κ1) is 17.6. The number of hydroxylamine groups is 1. The van der Waals surface area contributed by atoms with E-state index < -0.39 is 43.3 Å². The number of sulfone groups is 1. The molecular weight excluding hydrogens is 351 g/mol. The number of nitrogens with zero attached hydrogens (tertiary/aromatic N) is 3. The molecule has 0 unspecified atom stereocenters. The highest BCUT2D eigenvalue weighted by molar-refractivity contribution is 7.95. The van der Waals surface area contributed by atoms with Gasteiger partial charge in [0.1, 0.15) is 5.60 Å². The quantitative estimate of drug-likeness (QED) is 0.820. The zero-order chi connectivity index (χ0) is 17.8. The average Bonchev–Trinajstić information content (AvgIpc) is 2.92. The van der Waals surface area contributed by atoms with E-state index in [0.717, 1.165) is 13.1 Å². The SMILES string of the molecule is Cn1nc(C(F)(F)F)c(C(F)(F)S(=O)(=O)C2=CC(C)(C)ON2)n1. The fraction of sp³-hybridized carbons (Fsp3) is 0.600. The van der Waals surface area contributed by atoms with Gasteiger partial charge >= 0.3 is 11.4 Å². The molecule has 0 bridgehead atoms. The minimum absolute atomic E-state index is 0.221. The summed E-state index contributed by atoms with van der Waals surface area (Å²) < 4.78 is 91.0. The molecule has 1 aromatic heterocycles. The molecule has 1 aliphatic rings. The smallest absolute Gasteiger partial charge is 0.265 e. The van der Waals surface area contributed by atoms with Gasteiger partial charge in [0.15, 0.2) is 16.4 Å². The lowest BCUT2D eigenvalue weighted by Crippen LogP contribution is -2.33. The number of nitrogens with one attached hydrogen (secondary N) is 1. The van der Waals surface area contributed by atoms with Crippen LogP contribution < -0.4 is 5.48 Å². The summed E-state index contributed by atoms with van der Waals surface area (Å²) in [5.41, 5.74) is -3.52. The summed E-state index contributed by atoms with van der Waals surface area (Å²) >= 11 is 0. The third-order valence-corrected chi connectivity index (χ3v) is 4.43. The van der Waals surface area contributed by atoms with Crippen LogP contribution in [0.4, 0.5) is 22.0 Å². The molecular formula is C10H11F5N4O3S. The highest BCUT2D eigenvalue weighted by Crippen LogP contribution is 2.43. The number of halogens is 5. The van der Waals surface area contributed by atoms with Gasteiger partial charge in [-0.2, -0.15) is 31.8 Å². The second kappa shape index (κ2) is 4.87. The number of aromatic nitrogens is 3. The molecule has 0 spiro atoms. The fourth-order valence-corrected chi connectivity index (χ4v) is 3.01. The number of hydrogen-bond donors (Lipinski definition) is 1. The predicted molar refractivity (Wildman–Crippen MR) is 65.2 cm³/mol. The molecule has 23 heavy (non-hydrogen) atoms.